The van der Waals surface area contributed by atoms with Gasteiger partial charge in [0.05, 0.1) is 0 Å². The number of benzene rings is 10. The molecule has 0 aromatic heterocycles. The van der Waals surface area contributed by atoms with Crippen LogP contribution in [-0.4, -0.2) is 0 Å². The first-order valence-electron chi connectivity index (χ1n) is 22.2. The van der Waals surface area contributed by atoms with Gasteiger partial charge in [0, 0.05) is 39.5 Å². The van der Waals surface area contributed by atoms with Crippen LogP contribution in [0.4, 0.5) is 34.1 Å². The minimum Gasteiger partial charge on any atom is -0.310 e. The van der Waals surface area contributed by atoms with Crippen molar-refractivity contribution < 1.29 is 0 Å². The highest BCUT2D eigenvalue weighted by Crippen LogP contribution is 2.52. The van der Waals surface area contributed by atoms with Crippen LogP contribution in [0.1, 0.15) is 30.5 Å². The highest BCUT2D eigenvalue weighted by Gasteiger charge is 2.37. The Bertz CT molecular complexity index is 3250. The predicted molar refractivity (Wildman–Crippen MR) is 272 cm³/mol. The summed E-state index contributed by atoms with van der Waals surface area (Å²) in [6, 6.07) is 86.4. The quantitative estimate of drug-likeness (QED) is 0.143. The van der Waals surface area contributed by atoms with Gasteiger partial charge in [0.25, 0.3) is 0 Å². The highest BCUT2D eigenvalue weighted by atomic mass is 15.1. The lowest BCUT2D eigenvalue weighted by Crippen LogP contribution is -2.17. The lowest BCUT2D eigenvalue weighted by molar-refractivity contribution is 0.660. The van der Waals surface area contributed by atoms with E-state index in [4.69, 9.17) is 0 Å². The molecular formula is C62H48N2. The third-order valence-corrected chi connectivity index (χ3v) is 13.1. The highest BCUT2D eigenvalue weighted by molar-refractivity contribution is 5.97. The van der Waals surface area contributed by atoms with Crippen molar-refractivity contribution in [2.75, 3.05) is 9.80 Å². The summed E-state index contributed by atoms with van der Waals surface area (Å²) in [6.07, 6.45) is 0. The fraction of sp³-hybridized carbons (Fsp3) is 0.0645. The zero-order chi connectivity index (χ0) is 43.2. The van der Waals surface area contributed by atoms with Crippen LogP contribution in [0.5, 0.6) is 0 Å². The van der Waals surface area contributed by atoms with Crippen LogP contribution in [0.15, 0.2) is 237 Å². The Hall–Kier alpha value is -7.94. The van der Waals surface area contributed by atoms with E-state index >= 15 is 0 Å². The van der Waals surface area contributed by atoms with Gasteiger partial charge < -0.3 is 9.80 Å². The minimum atomic E-state index is -0.244. The van der Waals surface area contributed by atoms with Gasteiger partial charge in [0.15, 0.2) is 0 Å². The van der Waals surface area contributed by atoms with Crippen molar-refractivity contribution in [3.05, 3.63) is 253 Å². The third kappa shape index (κ3) is 7.04. The molecule has 1 aliphatic carbocycles. The molecule has 64 heavy (non-hydrogen) atoms. The van der Waals surface area contributed by atoms with Gasteiger partial charge in [-0.15, -0.1) is 0 Å². The lowest BCUT2D eigenvalue weighted by Gasteiger charge is -2.29. The zero-order valence-electron chi connectivity index (χ0n) is 36.4. The van der Waals surface area contributed by atoms with Gasteiger partial charge in [0.1, 0.15) is 0 Å². The Labute approximate surface area is 377 Å². The van der Waals surface area contributed by atoms with E-state index in [0.717, 1.165) is 34.1 Å². The molecule has 2 nitrogen and oxygen atoms in total. The van der Waals surface area contributed by atoms with Gasteiger partial charge in [-0.3, -0.25) is 0 Å². The van der Waals surface area contributed by atoms with Crippen molar-refractivity contribution in [3.63, 3.8) is 0 Å². The molecule has 0 N–H and O–H groups in total. The Kier molecular flexibility index (Phi) is 9.78. The first-order chi connectivity index (χ1) is 31.4. The van der Waals surface area contributed by atoms with Gasteiger partial charge in [-0.1, -0.05) is 183 Å². The van der Waals surface area contributed by atoms with E-state index in [1.165, 1.54) is 72.0 Å². The van der Waals surface area contributed by atoms with E-state index in [1.807, 2.05) is 0 Å². The summed E-state index contributed by atoms with van der Waals surface area (Å²) < 4.78 is 0. The number of aryl methyl sites for hydroxylation is 1. The summed E-state index contributed by atoms with van der Waals surface area (Å²) in [5.41, 5.74) is 20.3. The maximum Gasteiger partial charge on any atom is 0.0465 e. The smallest absolute Gasteiger partial charge is 0.0465 e. The maximum absolute atomic E-state index is 2.42. The van der Waals surface area contributed by atoms with E-state index in [9.17, 15) is 0 Å². The minimum absolute atomic E-state index is 0.244. The van der Waals surface area contributed by atoms with Crippen LogP contribution >= 0.6 is 0 Å². The molecule has 0 unspecified atom stereocenters. The number of nitrogens with zero attached hydrogens (tertiary/aromatic N) is 2. The molecule has 11 rings (SSSR count). The molecule has 0 radical (unpaired) electrons. The van der Waals surface area contributed by atoms with Gasteiger partial charge in [-0.2, -0.15) is 0 Å². The fourth-order valence-electron chi connectivity index (χ4n) is 9.71. The van der Waals surface area contributed by atoms with Crippen molar-refractivity contribution in [3.8, 4) is 44.5 Å². The number of anilines is 6. The summed E-state index contributed by atoms with van der Waals surface area (Å²) in [4.78, 5) is 4.78. The molecule has 0 aliphatic heterocycles. The van der Waals surface area contributed by atoms with Crippen molar-refractivity contribution in [1.82, 2.24) is 0 Å². The van der Waals surface area contributed by atoms with Gasteiger partial charge >= 0.3 is 0 Å². The number of hydrogen-bond donors (Lipinski definition) is 0. The van der Waals surface area contributed by atoms with Gasteiger partial charge in [0.2, 0.25) is 0 Å². The van der Waals surface area contributed by atoms with E-state index in [2.05, 4.69) is 267 Å². The SMILES string of the molecule is Cc1ccc(N(c2ccc(-c3cccc4ccccc34)cc2)c2ccc3c(c2)C(C)(C)c2cc(N(c4ccccc4)c4ccc(-c5ccc(-c6ccccc6)cc5)cc4)ccc2-3)cc1. The van der Waals surface area contributed by atoms with Crippen molar-refractivity contribution >= 4 is 44.9 Å². The largest absolute Gasteiger partial charge is 0.310 e. The van der Waals surface area contributed by atoms with Gasteiger partial charge in [-0.25, -0.2) is 0 Å². The monoisotopic (exact) mass is 820 g/mol. The van der Waals surface area contributed by atoms with Crippen molar-refractivity contribution in [1.29, 1.82) is 0 Å². The molecule has 10 aromatic rings. The Morgan fingerprint density at radius 3 is 1.23 bits per heavy atom. The van der Waals surface area contributed by atoms with Crippen molar-refractivity contribution in [2.45, 2.75) is 26.2 Å². The van der Waals surface area contributed by atoms with Crippen LogP contribution < -0.4 is 9.80 Å². The number of para-hydroxylation sites is 1. The van der Waals surface area contributed by atoms with Crippen LogP contribution in [0.25, 0.3) is 55.3 Å². The molecule has 0 amide bonds. The molecule has 0 atom stereocenters. The lowest BCUT2D eigenvalue weighted by atomic mass is 9.82. The number of hydrogen-bond acceptors (Lipinski definition) is 2. The summed E-state index contributed by atoms with van der Waals surface area (Å²) in [5, 5.41) is 2.52. The molecule has 0 saturated carbocycles. The number of fused-ring (bicyclic) bond motifs is 4. The molecule has 10 aromatic carbocycles. The topological polar surface area (TPSA) is 6.48 Å². The molecule has 0 spiro atoms. The fourth-order valence-corrected chi connectivity index (χ4v) is 9.71. The first-order valence-corrected chi connectivity index (χ1v) is 22.2. The van der Waals surface area contributed by atoms with E-state index in [0.29, 0.717) is 0 Å². The second-order valence-corrected chi connectivity index (χ2v) is 17.5. The first kappa shape index (κ1) is 38.9. The maximum atomic E-state index is 2.42. The van der Waals surface area contributed by atoms with Crippen LogP contribution in [0.2, 0.25) is 0 Å². The normalized spacial score (nSPS) is 12.4. The predicted octanol–water partition coefficient (Wildman–Crippen LogP) is 17.4. The molecule has 2 heteroatoms. The zero-order valence-corrected chi connectivity index (χ0v) is 36.4. The molecule has 0 bridgehead atoms. The summed E-state index contributed by atoms with van der Waals surface area (Å²) in [5.74, 6) is 0. The average Bonchev–Trinajstić information content (AvgIpc) is 3.58. The molecule has 0 fully saturated rings. The molecule has 0 saturated heterocycles. The van der Waals surface area contributed by atoms with Crippen LogP contribution in [-0.2, 0) is 5.41 Å². The molecule has 1 aliphatic rings. The van der Waals surface area contributed by atoms with Crippen molar-refractivity contribution in [2.24, 2.45) is 0 Å². The van der Waals surface area contributed by atoms with E-state index < -0.39 is 0 Å². The Morgan fingerprint density at radius 2 is 0.688 bits per heavy atom. The summed E-state index contributed by atoms with van der Waals surface area (Å²) >= 11 is 0. The number of rotatable bonds is 9. The molecule has 306 valence electrons. The molecule has 0 heterocycles. The van der Waals surface area contributed by atoms with Crippen LogP contribution in [0.3, 0.4) is 0 Å². The third-order valence-electron chi connectivity index (χ3n) is 13.1. The second kappa shape index (κ2) is 16.1. The summed E-state index contributed by atoms with van der Waals surface area (Å²) in [7, 11) is 0. The summed E-state index contributed by atoms with van der Waals surface area (Å²) in [6.45, 7) is 6.91. The Balaban J connectivity index is 0.935. The van der Waals surface area contributed by atoms with E-state index in [-0.39, 0.29) is 5.41 Å². The molecular weight excluding hydrogens is 773 g/mol. The van der Waals surface area contributed by atoms with Gasteiger partial charge in [-0.05, 0) is 146 Å². The second-order valence-electron chi connectivity index (χ2n) is 17.5. The van der Waals surface area contributed by atoms with Crippen LogP contribution in [0, 0.1) is 6.92 Å². The average molecular weight is 821 g/mol. The standard InChI is InChI=1S/C62H48N2/c1-43-21-31-51(32-22-43)64(53-35-29-49(30-36-53)57-20-12-16-48-15-10-11-19-56(48)57)55-38-40-59-58-39-37-54(41-60(58)62(2,3)61(59)42-55)63(50-17-8-5-9-18-50)52-33-27-47(28-34-52)46-25-23-45(24-26-46)44-13-6-4-7-14-44/h4-42H,1-3H3. The Morgan fingerprint density at radius 1 is 0.297 bits per heavy atom. The van der Waals surface area contributed by atoms with E-state index in [1.54, 1.807) is 0 Å².